The molecule has 0 aromatic heterocycles. The third-order valence-electron chi connectivity index (χ3n) is 2.27. The number of hydrogen-bond acceptors (Lipinski definition) is 3. The lowest BCUT2D eigenvalue weighted by Crippen LogP contribution is -2.30. The molecular formula is C13H17BrN2O3. The average molecular weight is 329 g/mol. The highest BCUT2D eigenvalue weighted by Gasteiger charge is 2.05. The van der Waals surface area contributed by atoms with Gasteiger partial charge in [0.1, 0.15) is 0 Å². The minimum Gasteiger partial charge on any atom is -0.466 e. The van der Waals surface area contributed by atoms with Crippen molar-refractivity contribution in [3.63, 3.8) is 0 Å². The first-order chi connectivity index (χ1) is 9.13. The number of para-hydroxylation sites is 1. The van der Waals surface area contributed by atoms with Crippen molar-refractivity contribution < 1.29 is 14.3 Å². The fraction of sp³-hybridized carbons (Fsp3) is 0.385. The number of nitrogens with one attached hydrogen (secondary N) is 2. The van der Waals surface area contributed by atoms with Gasteiger partial charge in [0, 0.05) is 17.4 Å². The maximum absolute atomic E-state index is 11.6. The standard InChI is InChI=1S/C13H17BrN2O3/c1-2-19-12(17)8-5-9-15-13(18)16-11-7-4-3-6-10(11)14/h3-4,6-7H,2,5,8-9H2,1H3,(H2,15,16,18). The Morgan fingerprint density at radius 1 is 1.32 bits per heavy atom. The number of rotatable bonds is 6. The molecule has 0 unspecified atom stereocenters. The number of urea groups is 1. The first-order valence-corrected chi connectivity index (χ1v) is 6.87. The number of carbonyl (C=O) groups is 2. The molecule has 0 radical (unpaired) electrons. The molecule has 1 aromatic rings. The van der Waals surface area contributed by atoms with Crippen LogP contribution in [-0.4, -0.2) is 25.2 Å². The Balaban J connectivity index is 2.22. The van der Waals surface area contributed by atoms with Crippen molar-refractivity contribution >= 4 is 33.6 Å². The molecule has 0 aliphatic rings. The lowest BCUT2D eigenvalue weighted by atomic mass is 10.3. The van der Waals surface area contributed by atoms with Gasteiger partial charge in [-0.2, -0.15) is 0 Å². The molecule has 0 aliphatic heterocycles. The highest BCUT2D eigenvalue weighted by Crippen LogP contribution is 2.20. The molecule has 0 bridgehead atoms. The van der Waals surface area contributed by atoms with Crippen molar-refractivity contribution in [2.24, 2.45) is 0 Å². The molecular weight excluding hydrogens is 312 g/mol. The van der Waals surface area contributed by atoms with E-state index in [0.29, 0.717) is 31.7 Å². The number of carbonyl (C=O) groups excluding carboxylic acids is 2. The lowest BCUT2D eigenvalue weighted by molar-refractivity contribution is -0.143. The molecule has 0 heterocycles. The Morgan fingerprint density at radius 3 is 2.74 bits per heavy atom. The number of esters is 1. The Kier molecular flexibility index (Phi) is 6.95. The first kappa shape index (κ1) is 15.5. The van der Waals surface area contributed by atoms with Gasteiger partial charge in [0.15, 0.2) is 0 Å². The number of ether oxygens (including phenoxy) is 1. The summed E-state index contributed by atoms with van der Waals surface area (Å²) in [6.45, 7) is 2.57. The Labute approximate surface area is 120 Å². The summed E-state index contributed by atoms with van der Waals surface area (Å²) >= 11 is 3.34. The maximum atomic E-state index is 11.6. The van der Waals surface area contributed by atoms with E-state index in [9.17, 15) is 9.59 Å². The van der Waals surface area contributed by atoms with Gasteiger partial charge >= 0.3 is 12.0 Å². The predicted molar refractivity (Wildman–Crippen MR) is 77.0 cm³/mol. The van der Waals surface area contributed by atoms with Crippen LogP contribution in [0.3, 0.4) is 0 Å². The Morgan fingerprint density at radius 2 is 2.05 bits per heavy atom. The SMILES string of the molecule is CCOC(=O)CCCNC(=O)Nc1ccccc1Br. The van der Waals surface area contributed by atoms with Crippen molar-refractivity contribution in [3.8, 4) is 0 Å². The fourth-order valence-corrected chi connectivity index (χ4v) is 1.78. The van der Waals surface area contributed by atoms with Crippen LogP contribution >= 0.6 is 15.9 Å². The van der Waals surface area contributed by atoms with Gasteiger partial charge in [-0.1, -0.05) is 12.1 Å². The number of hydrogen-bond donors (Lipinski definition) is 2. The number of anilines is 1. The molecule has 0 saturated heterocycles. The second-order valence-corrected chi connectivity index (χ2v) is 4.62. The van der Waals surface area contributed by atoms with Gasteiger partial charge in [-0.25, -0.2) is 4.79 Å². The van der Waals surface area contributed by atoms with Crippen LogP contribution in [-0.2, 0) is 9.53 Å². The molecule has 2 amide bonds. The quantitative estimate of drug-likeness (QED) is 0.623. The van der Waals surface area contributed by atoms with E-state index in [1.807, 2.05) is 18.2 Å². The minimum atomic E-state index is -0.296. The summed E-state index contributed by atoms with van der Waals surface area (Å²) in [5.41, 5.74) is 0.699. The first-order valence-electron chi connectivity index (χ1n) is 6.08. The molecule has 1 rings (SSSR count). The van der Waals surface area contributed by atoms with E-state index in [1.54, 1.807) is 13.0 Å². The molecule has 0 saturated carbocycles. The third kappa shape index (κ3) is 6.24. The summed E-state index contributed by atoms with van der Waals surface area (Å²) in [5.74, 6) is -0.240. The van der Waals surface area contributed by atoms with Gasteiger partial charge in [-0.15, -0.1) is 0 Å². The minimum absolute atomic E-state index is 0.240. The summed E-state index contributed by atoms with van der Waals surface area (Å²) in [7, 11) is 0. The molecule has 0 aliphatic carbocycles. The lowest BCUT2D eigenvalue weighted by Gasteiger charge is -2.08. The van der Waals surface area contributed by atoms with Gasteiger partial charge in [-0.3, -0.25) is 4.79 Å². The van der Waals surface area contributed by atoms with E-state index in [-0.39, 0.29) is 12.0 Å². The van der Waals surface area contributed by atoms with E-state index in [4.69, 9.17) is 4.74 Å². The average Bonchev–Trinajstić information content (AvgIpc) is 2.38. The van der Waals surface area contributed by atoms with Gasteiger partial charge in [0.05, 0.1) is 12.3 Å². The highest BCUT2D eigenvalue weighted by atomic mass is 79.9. The van der Waals surface area contributed by atoms with Gasteiger partial charge in [0.25, 0.3) is 0 Å². The predicted octanol–water partition coefficient (Wildman–Crippen LogP) is 2.91. The normalized spacial score (nSPS) is 9.79. The van der Waals surface area contributed by atoms with Gasteiger partial charge < -0.3 is 15.4 Å². The fourth-order valence-electron chi connectivity index (χ4n) is 1.40. The van der Waals surface area contributed by atoms with Crippen LogP contribution in [0.25, 0.3) is 0 Å². The molecule has 5 nitrogen and oxygen atoms in total. The van der Waals surface area contributed by atoms with Crippen molar-refractivity contribution in [2.45, 2.75) is 19.8 Å². The maximum Gasteiger partial charge on any atom is 0.319 e. The number of benzene rings is 1. The van der Waals surface area contributed by atoms with Crippen molar-refractivity contribution in [1.82, 2.24) is 5.32 Å². The van der Waals surface area contributed by atoms with Crippen LogP contribution in [0, 0.1) is 0 Å². The van der Waals surface area contributed by atoms with Crippen molar-refractivity contribution in [1.29, 1.82) is 0 Å². The second-order valence-electron chi connectivity index (χ2n) is 3.77. The van der Waals surface area contributed by atoms with Gasteiger partial charge in [-0.05, 0) is 41.4 Å². The van der Waals surface area contributed by atoms with E-state index < -0.39 is 0 Å². The summed E-state index contributed by atoms with van der Waals surface area (Å²) in [4.78, 5) is 22.6. The topological polar surface area (TPSA) is 67.4 Å². The number of halogens is 1. The third-order valence-corrected chi connectivity index (χ3v) is 2.96. The highest BCUT2D eigenvalue weighted by molar-refractivity contribution is 9.10. The summed E-state index contributed by atoms with van der Waals surface area (Å²) < 4.78 is 5.60. The zero-order valence-electron chi connectivity index (χ0n) is 10.7. The molecule has 2 N–H and O–H groups in total. The monoisotopic (exact) mass is 328 g/mol. The molecule has 0 atom stereocenters. The van der Waals surface area contributed by atoms with E-state index in [0.717, 1.165) is 4.47 Å². The van der Waals surface area contributed by atoms with Gasteiger partial charge in [0.2, 0.25) is 0 Å². The molecule has 6 heteroatoms. The molecule has 0 spiro atoms. The van der Waals surface area contributed by atoms with Crippen LogP contribution in [0.4, 0.5) is 10.5 Å². The number of amides is 2. The molecule has 19 heavy (non-hydrogen) atoms. The van der Waals surface area contributed by atoms with Crippen LogP contribution in [0.5, 0.6) is 0 Å². The molecule has 1 aromatic carbocycles. The smallest absolute Gasteiger partial charge is 0.319 e. The second kappa shape index (κ2) is 8.53. The van der Waals surface area contributed by atoms with E-state index in [2.05, 4.69) is 26.6 Å². The Hall–Kier alpha value is -1.56. The summed E-state index contributed by atoms with van der Waals surface area (Å²) in [5, 5.41) is 5.39. The zero-order chi connectivity index (χ0) is 14.1. The zero-order valence-corrected chi connectivity index (χ0v) is 12.3. The molecule has 0 fully saturated rings. The van der Waals surface area contributed by atoms with Crippen LogP contribution in [0.15, 0.2) is 28.7 Å². The summed E-state index contributed by atoms with van der Waals surface area (Å²) in [6, 6.07) is 7.04. The van der Waals surface area contributed by atoms with E-state index in [1.165, 1.54) is 0 Å². The van der Waals surface area contributed by atoms with Crippen LogP contribution in [0.1, 0.15) is 19.8 Å². The van der Waals surface area contributed by atoms with Crippen LogP contribution < -0.4 is 10.6 Å². The van der Waals surface area contributed by atoms with Crippen LogP contribution in [0.2, 0.25) is 0 Å². The van der Waals surface area contributed by atoms with E-state index >= 15 is 0 Å². The Bertz CT molecular complexity index is 438. The van der Waals surface area contributed by atoms with Crippen molar-refractivity contribution in [2.75, 3.05) is 18.5 Å². The van der Waals surface area contributed by atoms with Crippen molar-refractivity contribution in [3.05, 3.63) is 28.7 Å². The molecule has 104 valence electrons. The largest absolute Gasteiger partial charge is 0.466 e. The summed E-state index contributed by atoms with van der Waals surface area (Å²) in [6.07, 6.45) is 0.866.